The summed E-state index contributed by atoms with van der Waals surface area (Å²) in [6.45, 7) is 2.10. The monoisotopic (exact) mass is 344 g/mol. The molecule has 3 rings (SSSR count). The first kappa shape index (κ1) is 17.6. The predicted octanol–water partition coefficient (Wildman–Crippen LogP) is 1.68. The lowest BCUT2D eigenvalue weighted by molar-refractivity contribution is -0.127. The Kier molecular flexibility index (Phi) is 5.46. The van der Waals surface area contributed by atoms with Crippen LogP contribution in [0.4, 0.5) is 0 Å². The van der Waals surface area contributed by atoms with Crippen LogP contribution in [0.15, 0.2) is 29.3 Å². The van der Waals surface area contributed by atoms with Crippen LogP contribution in [0, 0.1) is 0 Å². The summed E-state index contributed by atoms with van der Waals surface area (Å²) in [5.74, 6) is 2.29. The van der Waals surface area contributed by atoms with Crippen molar-refractivity contribution in [1.29, 1.82) is 0 Å². The quantitative estimate of drug-likeness (QED) is 0.652. The second-order valence-corrected chi connectivity index (χ2v) is 7.05. The zero-order chi connectivity index (χ0) is 17.8. The number of nitrogens with zero attached hydrogens (tertiary/aromatic N) is 3. The summed E-state index contributed by atoms with van der Waals surface area (Å²) in [6, 6.07) is 8.85. The standard InChI is InChI=1S/C19H28N4O2/c1-22(2)18(24)12-20-19(21-16-6-7-16)23-11-10-15(13-23)14-4-8-17(25-3)9-5-14/h4-5,8-9,15-16H,6-7,10-13H2,1-3H3,(H,20,21). The van der Waals surface area contributed by atoms with E-state index < -0.39 is 0 Å². The summed E-state index contributed by atoms with van der Waals surface area (Å²) in [6.07, 6.45) is 3.48. The van der Waals surface area contributed by atoms with Gasteiger partial charge in [0, 0.05) is 39.1 Å². The van der Waals surface area contributed by atoms with E-state index in [1.54, 1.807) is 26.1 Å². The first-order valence-electron chi connectivity index (χ1n) is 8.97. The number of hydrogen-bond donors (Lipinski definition) is 1. The first-order valence-corrected chi connectivity index (χ1v) is 8.97. The Morgan fingerprint density at radius 3 is 2.60 bits per heavy atom. The van der Waals surface area contributed by atoms with Crippen molar-refractivity contribution in [3.8, 4) is 5.75 Å². The number of ether oxygens (including phenoxy) is 1. The number of hydrogen-bond acceptors (Lipinski definition) is 3. The highest BCUT2D eigenvalue weighted by Gasteiger charge is 2.30. The highest BCUT2D eigenvalue weighted by Crippen LogP contribution is 2.29. The van der Waals surface area contributed by atoms with Gasteiger partial charge in [-0.15, -0.1) is 0 Å². The minimum atomic E-state index is 0.0287. The molecule has 6 nitrogen and oxygen atoms in total. The molecule has 0 radical (unpaired) electrons. The van der Waals surface area contributed by atoms with Crippen molar-refractivity contribution < 1.29 is 9.53 Å². The van der Waals surface area contributed by atoms with Gasteiger partial charge in [0.2, 0.25) is 5.91 Å². The molecule has 1 aliphatic heterocycles. The van der Waals surface area contributed by atoms with E-state index in [0.717, 1.165) is 31.2 Å². The molecule has 1 unspecified atom stereocenters. The number of nitrogens with one attached hydrogen (secondary N) is 1. The molecule has 0 bridgehead atoms. The van der Waals surface area contributed by atoms with E-state index in [1.165, 1.54) is 18.4 Å². The van der Waals surface area contributed by atoms with E-state index in [4.69, 9.17) is 4.74 Å². The van der Waals surface area contributed by atoms with Crippen LogP contribution in [0.25, 0.3) is 0 Å². The van der Waals surface area contributed by atoms with Gasteiger partial charge in [0.15, 0.2) is 5.96 Å². The Morgan fingerprint density at radius 1 is 1.28 bits per heavy atom. The largest absolute Gasteiger partial charge is 0.497 e. The van der Waals surface area contributed by atoms with E-state index >= 15 is 0 Å². The van der Waals surface area contributed by atoms with Crippen molar-refractivity contribution in [3.05, 3.63) is 29.8 Å². The average Bonchev–Trinajstić information content (AvgIpc) is 3.31. The molecule has 1 saturated heterocycles. The van der Waals surface area contributed by atoms with E-state index in [0.29, 0.717) is 12.0 Å². The van der Waals surface area contributed by atoms with Gasteiger partial charge < -0.3 is 19.9 Å². The van der Waals surface area contributed by atoms with Gasteiger partial charge >= 0.3 is 0 Å². The zero-order valence-electron chi connectivity index (χ0n) is 15.4. The molecule has 1 amide bonds. The predicted molar refractivity (Wildman–Crippen MR) is 99.1 cm³/mol. The van der Waals surface area contributed by atoms with Crippen molar-refractivity contribution in [1.82, 2.24) is 15.1 Å². The van der Waals surface area contributed by atoms with Gasteiger partial charge in [-0.1, -0.05) is 12.1 Å². The van der Waals surface area contributed by atoms with Crippen LogP contribution in [0.2, 0.25) is 0 Å². The Labute approximate surface area is 149 Å². The summed E-state index contributed by atoms with van der Waals surface area (Å²) >= 11 is 0. The highest BCUT2D eigenvalue weighted by atomic mass is 16.5. The molecule has 2 aliphatic rings. The van der Waals surface area contributed by atoms with Gasteiger partial charge in [-0.05, 0) is 37.0 Å². The van der Waals surface area contributed by atoms with E-state index in [1.807, 2.05) is 12.1 Å². The Balaban J connectivity index is 1.65. The molecule has 1 aliphatic carbocycles. The maximum absolute atomic E-state index is 11.9. The maximum Gasteiger partial charge on any atom is 0.243 e. The van der Waals surface area contributed by atoms with Gasteiger partial charge in [-0.3, -0.25) is 4.79 Å². The molecule has 136 valence electrons. The van der Waals surface area contributed by atoms with Gasteiger partial charge in [-0.2, -0.15) is 0 Å². The molecule has 1 aromatic carbocycles. The molecule has 1 saturated carbocycles. The van der Waals surface area contributed by atoms with Crippen LogP contribution in [-0.2, 0) is 4.79 Å². The van der Waals surface area contributed by atoms with Crippen molar-refractivity contribution >= 4 is 11.9 Å². The third-order valence-corrected chi connectivity index (χ3v) is 4.85. The summed E-state index contributed by atoms with van der Waals surface area (Å²) in [7, 11) is 5.22. The Hall–Kier alpha value is -2.24. The summed E-state index contributed by atoms with van der Waals surface area (Å²) in [4.78, 5) is 20.3. The first-order chi connectivity index (χ1) is 12.1. The van der Waals surface area contributed by atoms with Crippen LogP contribution in [0.3, 0.4) is 0 Å². The number of amides is 1. The van der Waals surface area contributed by atoms with Crippen molar-refractivity contribution in [2.75, 3.05) is 40.8 Å². The van der Waals surface area contributed by atoms with Crippen LogP contribution in [0.1, 0.15) is 30.7 Å². The fraction of sp³-hybridized carbons (Fsp3) is 0.579. The lowest BCUT2D eigenvalue weighted by Gasteiger charge is -2.22. The molecule has 1 atom stereocenters. The number of rotatable bonds is 5. The van der Waals surface area contributed by atoms with E-state index in [9.17, 15) is 4.79 Å². The number of methoxy groups -OCH3 is 1. The fourth-order valence-electron chi connectivity index (χ4n) is 3.03. The van der Waals surface area contributed by atoms with Crippen LogP contribution in [-0.4, -0.2) is 68.5 Å². The van der Waals surface area contributed by atoms with Gasteiger partial charge in [0.1, 0.15) is 12.3 Å². The van der Waals surface area contributed by atoms with E-state index in [2.05, 4.69) is 27.3 Å². The van der Waals surface area contributed by atoms with Crippen molar-refractivity contribution in [2.24, 2.45) is 4.99 Å². The van der Waals surface area contributed by atoms with Gasteiger partial charge in [0.25, 0.3) is 0 Å². The second kappa shape index (κ2) is 7.76. The molecule has 0 aromatic heterocycles. The van der Waals surface area contributed by atoms with Crippen molar-refractivity contribution in [3.63, 3.8) is 0 Å². The topological polar surface area (TPSA) is 57.2 Å². The molecule has 25 heavy (non-hydrogen) atoms. The number of benzene rings is 1. The molecule has 0 spiro atoms. The average molecular weight is 344 g/mol. The van der Waals surface area contributed by atoms with Crippen molar-refractivity contribution in [2.45, 2.75) is 31.2 Å². The minimum absolute atomic E-state index is 0.0287. The SMILES string of the molecule is COc1ccc(C2CCN(C(=NCC(=O)N(C)C)NC3CC3)C2)cc1. The molecule has 1 heterocycles. The van der Waals surface area contributed by atoms with Gasteiger partial charge in [-0.25, -0.2) is 4.99 Å². The normalized spacial score (nSPS) is 20.5. The number of guanidine groups is 1. The fourth-order valence-corrected chi connectivity index (χ4v) is 3.03. The van der Waals surface area contributed by atoms with Gasteiger partial charge in [0.05, 0.1) is 7.11 Å². The Morgan fingerprint density at radius 2 is 2.00 bits per heavy atom. The summed E-state index contributed by atoms with van der Waals surface area (Å²) in [5, 5.41) is 3.50. The third-order valence-electron chi connectivity index (χ3n) is 4.85. The van der Waals surface area contributed by atoms with Crippen LogP contribution >= 0.6 is 0 Å². The Bertz CT molecular complexity index is 623. The molecule has 1 N–H and O–H groups in total. The number of carbonyl (C=O) groups excluding carboxylic acids is 1. The summed E-state index contributed by atoms with van der Waals surface area (Å²) < 4.78 is 5.24. The molecule has 1 aromatic rings. The number of likely N-dealkylation sites (tertiary alicyclic amines) is 1. The minimum Gasteiger partial charge on any atom is -0.497 e. The smallest absolute Gasteiger partial charge is 0.243 e. The van der Waals surface area contributed by atoms with Crippen LogP contribution < -0.4 is 10.1 Å². The maximum atomic E-state index is 11.9. The highest BCUT2D eigenvalue weighted by molar-refractivity contribution is 5.85. The molecule has 2 fully saturated rings. The third kappa shape index (κ3) is 4.65. The number of likely N-dealkylation sites (N-methyl/N-ethyl adjacent to an activating group) is 1. The van der Waals surface area contributed by atoms with Crippen LogP contribution in [0.5, 0.6) is 5.75 Å². The zero-order valence-corrected chi connectivity index (χ0v) is 15.4. The number of aliphatic imine (C=N–C) groups is 1. The molecular formula is C19H28N4O2. The second-order valence-electron chi connectivity index (χ2n) is 7.05. The lowest BCUT2D eigenvalue weighted by atomic mass is 9.98. The summed E-state index contributed by atoms with van der Waals surface area (Å²) in [5.41, 5.74) is 1.33. The molecular weight excluding hydrogens is 316 g/mol. The lowest BCUT2D eigenvalue weighted by Crippen LogP contribution is -2.42. The number of carbonyl (C=O) groups is 1. The van der Waals surface area contributed by atoms with E-state index in [-0.39, 0.29) is 12.5 Å². The molecule has 6 heteroatoms.